The van der Waals surface area contributed by atoms with Crippen molar-refractivity contribution in [1.82, 2.24) is 5.43 Å². The first-order valence-corrected chi connectivity index (χ1v) is 7.68. The van der Waals surface area contributed by atoms with Crippen molar-refractivity contribution in [3.05, 3.63) is 29.8 Å². The van der Waals surface area contributed by atoms with Crippen LogP contribution in [-0.4, -0.2) is 17.5 Å². The van der Waals surface area contributed by atoms with Gasteiger partial charge in [-0.1, -0.05) is 39.0 Å². The summed E-state index contributed by atoms with van der Waals surface area (Å²) in [5.41, 5.74) is 4.72. The molecule has 116 valence electrons. The minimum atomic E-state index is -0.265. The van der Waals surface area contributed by atoms with E-state index in [1.165, 1.54) is 5.56 Å². The first kappa shape index (κ1) is 15.8. The maximum absolute atomic E-state index is 12.4. The van der Waals surface area contributed by atoms with Crippen molar-refractivity contribution in [3.63, 3.8) is 0 Å². The van der Waals surface area contributed by atoms with E-state index >= 15 is 0 Å². The molecule has 2 atom stereocenters. The molecule has 0 fully saturated rings. The van der Waals surface area contributed by atoms with Gasteiger partial charge in [0.15, 0.2) is 0 Å². The van der Waals surface area contributed by atoms with Gasteiger partial charge in [0.2, 0.25) is 0 Å². The number of amides is 1. The molecule has 1 amide bonds. The van der Waals surface area contributed by atoms with Crippen LogP contribution in [0.15, 0.2) is 24.3 Å². The summed E-state index contributed by atoms with van der Waals surface area (Å²) in [6, 6.07) is 8.13. The number of carbonyl (C=O) groups excluding carboxylic acids is 1. The monoisotopic (exact) mass is 289 g/mol. The summed E-state index contributed by atoms with van der Waals surface area (Å²) in [6.07, 6.45) is 1.02. The highest BCUT2D eigenvalue weighted by atomic mass is 16.2. The lowest BCUT2D eigenvalue weighted by Crippen LogP contribution is -2.61. The third-order valence-corrected chi connectivity index (χ3v) is 4.51. The lowest BCUT2D eigenvalue weighted by molar-refractivity contribution is -0.123. The number of benzene rings is 1. The van der Waals surface area contributed by atoms with E-state index in [0.717, 1.165) is 12.1 Å². The number of nitrogens with two attached hydrogens (primary N) is 1. The number of hydrogen-bond acceptors (Lipinski definition) is 3. The first-order chi connectivity index (χ1) is 9.79. The van der Waals surface area contributed by atoms with Gasteiger partial charge >= 0.3 is 0 Å². The van der Waals surface area contributed by atoms with Crippen molar-refractivity contribution in [2.24, 2.45) is 11.8 Å². The second-order valence-corrected chi connectivity index (χ2v) is 7.04. The van der Waals surface area contributed by atoms with Crippen LogP contribution in [0, 0.1) is 5.92 Å². The zero-order valence-electron chi connectivity index (χ0n) is 13.7. The van der Waals surface area contributed by atoms with Crippen molar-refractivity contribution >= 4 is 11.6 Å². The Labute approximate surface area is 127 Å². The summed E-state index contributed by atoms with van der Waals surface area (Å²) in [4.78, 5) is 14.6. The van der Waals surface area contributed by atoms with Gasteiger partial charge in [0, 0.05) is 11.2 Å². The van der Waals surface area contributed by atoms with Crippen LogP contribution in [0.4, 0.5) is 5.69 Å². The Balaban J connectivity index is 2.58. The summed E-state index contributed by atoms with van der Waals surface area (Å²) in [5, 5.41) is 0. The molecule has 1 aliphatic rings. The van der Waals surface area contributed by atoms with Crippen molar-refractivity contribution in [2.75, 3.05) is 4.90 Å². The molecule has 0 saturated heterocycles. The molecule has 1 aromatic carbocycles. The molecule has 0 unspecified atom stereocenters. The van der Waals surface area contributed by atoms with Crippen LogP contribution in [0.2, 0.25) is 0 Å². The van der Waals surface area contributed by atoms with Crippen LogP contribution in [0.3, 0.4) is 0 Å². The number of hydrazine groups is 1. The van der Waals surface area contributed by atoms with Gasteiger partial charge in [-0.15, -0.1) is 0 Å². The van der Waals surface area contributed by atoms with E-state index in [9.17, 15) is 4.79 Å². The van der Waals surface area contributed by atoms with Crippen LogP contribution in [0.5, 0.6) is 0 Å². The van der Waals surface area contributed by atoms with E-state index in [0.29, 0.717) is 5.92 Å². The number of nitrogens with one attached hydrogen (secondary N) is 1. The Hall–Kier alpha value is -1.55. The van der Waals surface area contributed by atoms with E-state index in [-0.39, 0.29) is 23.4 Å². The van der Waals surface area contributed by atoms with E-state index in [4.69, 9.17) is 5.84 Å². The van der Waals surface area contributed by atoms with Crippen molar-refractivity contribution in [2.45, 2.75) is 58.5 Å². The van der Waals surface area contributed by atoms with Gasteiger partial charge < -0.3 is 4.90 Å². The number of fused-ring (bicyclic) bond motifs is 1. The average molecular weight is 289 g/mol. The number of hydrogen-bond donors (Lipinski definition) is 2. The second kappa shape index (κ2) is 5.68. The van der Waals surface area contributed by atoms with Crippen LogP contribution >= 0.6 is 0 Å². The molecule has 0 aromatic heterocycles. The number of carbonyl (C=O) groups is 1. The van der Waals surface area contributed by atoms with Crippen LogP contribution in [0.25, 0.3) is 0 Å². The molecule has 2 rings (SSSR count). The summed E-state index contributed by atoms with van der Waals surface area (Å²) in [7, 11) is 0. The molecule has 1 heterocycles. The fourth-order valence-corrected chi connectivity index (χ4v) is 3.74. The molecular weight excluding hydrogens is 262 g/mol. The van der Waals surface area contributed by atoms with E-state index in [2.05, 4.69) is 63.1 Å². The van der Waals surface area contributed by atoms with Gasteiger partial charge in [-0.05, 0) is 43.7 Å². The third kappa shape index (κ3) is 2.77. The quantitative estimate of drug-likeness (QED) is 0.511. The maximum Gasteiger partial charge on any atom is 0.256 e. The minimum Gasteiger partial charge on any atom is -0.354 e. The van der Waals surface area contributed by atoms with E-state index in [1.54, 1.807) is 0 Å². The molecule has 1 aromatic rings. The Bertz CT molecular complexity index is 525. The lowest BCUT2D eigenvalue weighted by Gasteiger charge is -2.51. The molecular formula is C17H27N3O. The molecule has 0 aliphatic carbocycles. The fraction of sp³-hybridized carbons (Fsp3) is 0.588. The first-order valence-electron chi connectivity index (χ1n) is 7.68. The molecule has 4 nitrogen and oxygen atoms in total. The predicted octanol–water partition coefficient (Wildman–Crippen LogP) is 2.79. The SMILES string of the molecule is CC(C)[C@H](C(=O)NN)N1c2ccccc2[C@H](C)CC1(C)C. The largest absolute Gasteiger partial charge is 0.354 e. The molecule has 0 spiro atoms. The summed E-state index contributed by atoms with van der Waals surface area (Å²) in [5.74, 6) is 5.97. The Kier molecular flexibility index (Phi) is 4.28. The second-order valence-electron chi connectivity index (χ2n) is 7.04. The van der Waals surface area contributed by atoms with Gasteiger partial charge in [0.05, 0.1) is 0 Å². The predicted molar refractivity (Wildman–Crippen MR) is 87.0 cm³/mol. The van der Waals surface area contributed by atoms with Crippen LogP contribution in [0.1, 0.15) is 52.5 Å². The molecule has 0 saturated carbocycles. The van der Waals surface area contributed by atoms with E-state index in [1.807, 2.05) is 6.07 Å². The normalized spacial score (nSPS) is 21.9. The zero-order valence-corrected chi connectivity index (χ0v) is 13.7. The number of rotatable bonds is 3. The summed E-state index contributed by atoms with van der Waals surface area (Å²) >= 11 is 0. The molecule has 0 radical (unpaired) electrons. The topological polar surface area (TPSA) is 58.4 Å². The number of para-hydroxylation sites is 1. The number of anilines is 1. The molecule has 21 heavy (non-hydrogen) atoms. The molecule has 4 heteroatoms. The highest BCUT2D eigenvalue weighted by Gasteiger charge is 2.43. The number of nitrogens with zero attached hydrogens (tertiary/aromatic N) is 1. The van der Waals surface area contributed by atoms with Crippen molar-refractivity contribution in [3.8, 4) is 0 Å². The smallest absolute Gasteiger partial charge is 0.256 e. The van der Waals surface area contributed by atoms with E-state index < -0.39 is 0 Å². The van der Waals surface area contributed by atoms with Crippen molar-refractivity contribution in [1.29, 1.82) is 0 Å². The summed E-state index contributed by atoms with van der Waals surface area (Å²) in [6.45, 7) is 10.8. The highest BCUT2D eigenvalue weighted by Crippen LogP contribution is 2.45. The molecule has 3 N–H and O–H groups in total. The fourth-order valence-electron chi connectivity index (χ4n) is 3.74. The Morgan fingerprint density at radius 3 is 2.57 bits per heavy atom. The van der Waals surface area contributed by atoms with Gasteiger partial charge in [-0.2, -0.15) is 0 Å². The maximum atomic E-state index is 12.4. The Morgan fingerprint density at radius 2 is 2.00 bits per heavy atom. The summed E-state index contributed by atoms with van der Waals surface area (Å²) < 4.78 is 0. The zero-order chi connectivity index (χ0) is 15.8. The molecule has 1 aliphatic heterocycles. The molecule has 0 bridgehead atoms. The lowest BCUT2D eigenvalue weighted by atomic mass is 9.78. The average Bonchev–Trinajstić information content (AvgIpc) is 2.41. The van der Waals surface area contributed by atoms with Crippen LogP contribution < -0.4 is 16.2 Å². The van der Waals surface area contributed by atoms with Gasteiger partial charge in [-0.3, -0.25) is 10.2 Å². The van der Waals surface area contributed by atoms with Gasteiger partial charge in [-0.25, -0.2) is 5.84 Å². The third-order valence-electron chi connectivity index (χ3n) is 4.51. The Morgan fingerprint density at radius 1 is 1.38 bits per heavy atom. The standard InChI is InChI=1S/C17H27N3O/c1-11(2)15(16(21)19-18)20-14-9-7-6-8-13(14)12(3)10-17(20,4)5/h6-9,11-12,15H,10,18H2,1-5H3,(H,19,21)/t12-,15-/m1/s1. The van der Waals surface area contributed by atoms with Gasteiger partial charge in [0.25, 0.3) is 5.91 Å². The van der Waals surface area contributed by atoms with Crippen LogP contribution in [-0.2, 0) is 4.79 Å². The van der Waals surface area contributed by atoms with Gasteiger partial charge in [0.1, 0.15) is 6.04 Å². The minimum absolute atomic E-state index is 0.0881. The highest BCUT2D eigenvalue weighted by molar-refractivity contribution is 5.86. The van der Waals surface area contributed by atoms with Crippen molar-refractivity contribution < 1.29 is 4.79 Å².